The molecule has 23 heavy (non-hydrogen) atoms. The Morgan fingerprint density at radius 2 is 1.78 bits per heavy atom. The van der Waals surface area contributed by atoms with Crippen LogP contribution in [0.25, 0.3) is 0 Å². The fourth-order valence-electron chi connectivity index (χ4n) is 1.78. The van der Waals surface area contributed by atoms with E-state index >= 15 is 0 Å². The van der Waals surface area contributed by atoms with Crippen LogP contribution >= 0.6 is 12.2 Å². The lowest BCUT2D eigenvalue weighted by Gasteiger charge is -2.12. The molecule has 1 amide bonds. The van der Waals surface area contributed by atoms with E-state index in [-0.39, 0.29) is 11.0 Å². The average Bonchev–Trinajstić information content (AvgIpc) is 2.59. The van der Waals surface area contributed by atoms with E-state index in [1.54, 1.807) is 24.3 Å². The van der Waals surface area contributed by atoms with Crippen LogP contribution < -0.4 is 20.9 Å². The van der Waals surface area contributed by atoms with Gasteiger partial charge in [-0.2, -0.15) is 0 Å². The van der Waals surface area contributed by atoms with Crippen molar-refractivity contribution in [2.75, 3.05) is 12.0 Å². The molecule has 2 aromatic carbocycles. The van der Waals surface area contributed by atoms with E-state index in [0.29, 0.717) is 12.2 Å². The highest BCUT2D eigenvalue weighted by Crippen LogP contribution is 2.12. The third-order valence-electron chi connectivity index (χ3n) is 2.91. The number of anilines is 1. The van der Waals surface area contributed by atoms with Gasteiger partial charge in [0.25, 0.3) is 5.91 Å². The second-order valence-electron chi connectivity index (χ2n) is 4.77. The van der Waals surface area contributed by atoms with Crippen molar-refractivity contribution >= 4 is 28.9 Å². The van der Waals surface area contributed by atoms with Crippen LogP contribution in [0.2, 0.25) is 0 Å². The number of thiocarbonyl (C=S) groups is 1. The highest BCUT2D eigenvalue weighted by atomic mass is 32.1. The fourth-order valence-corrected chi connectivity index (χ4v) is 1.92. The zero-order valence-electron chi connectivity index (χ0n) is 12.8. The lowest BCUT2D eigenvalue weighted by atomic mass is 10.2. The van der Waals surface area contributed by atoms with Crippen LogP contribution in [0, 0.1) is 0 Å². The van der Waals surface area contributed by atoms with E-state index < -0.39 is 0 Å². The Balaban J connectivity index is 1.82. The van der Waals surface area contributed by atoms with E-state index in [1.165, 1.54) is 0 Å². The monoisotopic (exact) mass is 329 g/mol. The van der Waals surface area contributed by atoms with Crippen molar-refractivity contribution in [1.29, 1.82) is 0 Å². The van der Waals surface area contributed by atoms with E-state index in [0.717, 1.165) is 17.9 Å². The number of hydrogen-bond donors (Lipinski definition) is 3. The molecule has 0 aliphatic carbocycles. The normalized spacial score (nSPS) is 9.78. The molecule has 0 atom stereocenters. The van der Waals surface area contributed by atoms with Crippen molar-refractivity contribution in [3.8, 4) is 5.75 Å². The van der Waals surface area contributed by atoms with E-state index in [2.05, 4.69) is 16.2 Å². The summed E-state index contributed by atoms with van der Waals surface area (Å²) >= 11 is 5.08. The molecule has 0 bridgehead atoms. The molecule has 0 saturated carbocycles. The molecule has 0 fully saturated rings. The van der Waals surface area contributed by atoms with Crippen LogP contribution in [0.5, 0.6) is 5.75 Å². The molecule has 0 aliphatic heterocycles. The highest BCUT2D eigenvalue weighted by molar-refractivity contribution is 7.80. The third-order valence-corrected chi connectivity index (χ3v) is 3.11. The average molecular weight is 329 g/mol. The fraction of sp³-hybridized carbons (Fsp3) is 0.176. The van der Waals surface area contributed by atoms with Gasteiger partial charge < -0.3 is 4.74 Å². The highest BCUT2D eigenvalue weighted by Gasteiger charge is 2.07. The van der Waals surface area contributed by atoms with Crippen molar-refractivity contribution in [3.63, 3.8) is 0 Å². The van der Waals surface area contributed by atoms with Gasteiger partial charge in [0.2, 0.25) is 0 Å². The molecule has 3 N–H and O–H groups in total. The van der Waals surface area contributed by atoms with Crippen molar-refractivity contribution in [2.45, 2.75) is 13.3 Å². The first kappa shape index (κ1) is 16.8. The van der Waals surface area contributed by atoms with E-state index in [4.69, 9.17) is 17.0 Å². The van der Waals surface area contributed by atoms with Crippen LogP contribution in [0.3, 0.4) is 0 Å². The van der Waals surface area contributed by atoms with Gasteiger partial charge in [0.1, 0.15) is 5.75 Å². The second-order valence-corrected chi connectivity index (χ2v) is 5.18. The van der Waals surface area contributed by atoms with Gasteiger partial charge in [0, 0.05) is 5.56 Å². The van der Waals surface area contributed by atoms with Gasteiger partial charge in [-0.3, -0.25) is 21.0 Å². The number of benzene rings is 2. The summed E-state index contributed by atoms with van der Waals surface area (Å²) in [5.74, 6) is 0.467. The van der Waals surface area contributed by atoms with Crippen molar-refractivity contribution < 1.29 is 9.53 Å². The molecule has 2 aromatic rings. The maximum atomic E-state index is 12.1. The van der Waals surface area contributed by atoms with Gasteiger partial charge in [-0.1, -0.05) is 25.1 Å². The Morgan fingerprint density at radius 3 is 2.43 bits per heavy atom. The van der Waals surface area contributed by atoms with Crippen molar-refractivity contribution in [1.82, 2.24) is 10.7 Å². The van der Waals surface area contributed by atoms with Crippen LogP contribution in [0.15, 0.2) is 54.6 Å². The first-order chi connectivity index (χ1) is 11.2. The summed E-state index contributed by atoms with van der Waals surface area (Å²) in [6.45, 7) is 2.70. The molecule has 0 spiro atoms. The van der Waals surface area contributed by atoms with E-state index in [9.17, 15) is 4.79 Å². The number of hydrogen-bond acceptors (Lipinski definition) is 4. The molecule has 0 heterocycles. The first-order valence-electron chi connectivity index (χ1n) is 7.34. The summed E-state index contributed by atoms with van der Waals surface area (Å²) < 4.78 is 5.48. The largest absolute Gasteiger partial charge is 0.494 e. The number of para-hydroxylation sites is 1. The Morgan fingerprint density at radius 1 is 1.09 bits per heavy atom. The molecule has 0 radical (unpaired) electrons. The number of ether oxygens (including phenoxy) is 1. The number of hydrazine groups is 1. The minimum Gasteiger partial charge on any atom is -0.494 e. The summed E-state index contributed by atoms with van der Waals surface area (Å²) in [4.78, 5) is 12.1. The molecule has 0 aromatic heterocycles. The van der Waals surface area contributed by atoms with Crippen molar-refractivity contribution in [3.05, 3.63) is 60.2 Å². The minimum absolute atomic E-state index is 0.199. The molecule has 0 aliphatic rings. The molecular formula is C17H19N3O2S. The molecule has 120 valence electrons. The maximum absolute atomic E-state index is 12.1. The maximum Gasteiger partial charge on any atom is 0.257 e. The topological polar surface area (TPSA) is 62.4 Å². The summed E-state index contributed by atoms with van der Waals surface area (Å²) in [6.07, 6.45) is 0.941. The summed E-state index contributed by atoms with van der Waals surface area (Å²) in [5, 5.41) is 2.81. The smallest absolute Gasteiger partial charge is 0.257 e. The standard InChI is InChI=1S/C17H19N3O2S/c1-2-12-22-15-10-8-13(9-11-15)16(21)18-17(23)20-19-14-6-4-3-5-7-14/h3-11,19H,2,12H2,1H3,(H2,18,20,21,23). The number of nitrogens with one attached hydrogen (secondary N) is 3. The number of amides is 1. The molecular weight excluding hydrogens is 310 g/mol. The Bertz CT molecular complexity index is 645. The Hall–Kier alpha value is -2.60. The molecule has 2 rings (SSSR count). The second kappa shape index (κ2) is 8.75. The SMILES string of the molecule is CCCOc1ccc(C(=O)NC(=S)NNc2ccccc2)cc1. The molecule has 5 nitrogen and oxygen atoms in total. The van der Waals surface area contributed by atoms with Crippen LogP contribution in [0.1, 0.15) is 23.7 Å². The quantitative estimate of drug-likeness (QED) is 0.561. The number of carbonyl (C=O) groups is 1. The van der Waals surface area contributed by atoms with Crippen molar-refractivity contribution in [2.24, 2.45) is 0 Å². The van der Waals surface area contributed by atoms with Crippen LogP contribution in [-0.4, -0.2) is 17.6 Å². The van der Waals surface area contributed by atoms with Gasteiger partial charge in [0.05, 0.1) is 12.3 Å². The van der Waals surface area contributed by atoms with Gasteiger partial charge >= 0.3 is 0 Å². The first-order valence-corrected chi connectivity index (χ1v) is 7.75. The predicted octanol–water partition coefficient (Wildman–Crippen LogP) is 3.11. The Kier molecular flexibility index (Phi) is 6.38. The van der Waals surface area contributed by atoms with E-state index in [1.807, 2.05) is 37.3 Å². The van der Waals surface area contributed by atoms with Crippen LogP contribution in [-0.2, 0) is 0 Å². The lowest BCUT2D eigenvalue weighted by molar-refractivity contribution is 0.0977. The van der Waals surface area contributed by atoms with Gasteiger partial charge in [-0.25, -0.2) is 0 Å². The Labute approximate surface area is 141 Å². The zero-order valence-corrected chi connectivity index (χ0v) is 13.7. The number of rotatable bonds is 6. The van der Waals surface area contributed by atoms with Gasteiger partial charge in [-0.05, 0) is 55.0 Å². The summed E-state index contributed by atoms with van der Waals surface area (Å²) in [5.41, 5.74) is 7.03. The third kappa shape index (κ3) is 5.60. The molecule has 0 unspecified atom stereocenters. The predicted molar refractivity (Wildman–Crippen MR) is 95.5 cm³/mol. The summed E-state index contributed by atoms with van der Waals surface area (Å²) in [6, 6.07) is 16.4. The van der Waals surface area contributed by atoms with Crippen LogP contribution in [0.4, 0.5) is 5.69 Å². The van der Waals surface area contributed by atoms with Gasteiger partial charge in [-0.15, -0.1) is 0 Å². The minimum atomic E-state index is -0.278. The number of carbonyl (C=O) groups excluding carboxylic acids is 1. The molecule has 6 heteroatoms. The molecule has 0 saturated heterocycles. The summed E-state index contributed by atoms with van der Waals surface area (Å²) in [7, 11) is 0. The zero-order chi connectivity index (χ0) is 16.5. The van der Waals surface area contributed by atoms with Gasteiger partial charge in [0.15, 0.2) is 5.11 Å². The lowest BCUT2D eigenvalue weighted by Crippen LogP contribution is -2.41.